The molecular weight excluding hydrogens is 262 g/mol. The fourth-order valence-corrected chi connectivity index (χ4v) is 3.93. The number of hydrogen-bond acceptors (Lipinski definition) is 4. The van der Waals surface area contributed by atoms with E-state index >= 15 is 0 Å². The number of aromatic nitrogens is 2. The van der Waals surface area contributed by atoms with Crippen molar-refractivity contribution in [2.24, 2.45) is 0 Å². The third kappa shape index (κ3) is 2.68. The first kappa shape index (κ1) is 12.7. The third-order valence-electron chi connectivity index (χ3n) is 3.76. The first-order valence-corrected chi connectivity index (χ1v) is 7.72. The third-order valence-corrected chi connectivity index (χ3v) is 4.87. The number of fused-ring (bicyclic) bond motifs is 1. The van der Waals surface area contributed by atoms with Gasteiger partial charge in [0, 0.05) is 30.5 Å². The predicted molar refractivity (Wildman–Crippen MR) is 73.3 cm³/mol. The Bertz CT molecular complexity index is 537. The lowest BCUT2D eigenvalue weighted by Crippen LogP contribution is -2.35. The lowest BCUT2D eigenvalue weighted by Gasteiger charge is -2.15. The molecule has 1 atom stereocenters. The van der Waals surface area contributed by atoms with Crippen LogP contribution in [0.4, 0.5) is 0 Å². The zero-order chi connectivity index (χ0) is 13.2. The van der Waals surface area contributed by atoms with Crippen LogP contribution in [0, 0.1) is 0 Å². The van der Waals surface area contributed by atoms with Gasteiger partial charge in [0.15, 0.2) is 5.16 Å². The van der Waals surface area contributed by atoms with E-state index in [-0.39, 0.29) is 17.5 Å². The normalized spacial score (nSPS) is 22.4. The van der Waals surface area contributed by atoms with Gasteiger partial charge in [-0.3, -0.25) is 14.2 Å². The summed E-state index contributed by atoms with van der Waals surface area (Å²) < 4.78 is 1.65. The van der Waals surface area contributed by atoms with Crippen molar-refractivity contribution in [3.63, 3.8) is 0 Å². The van der Waals surface area contributed by atoms with Crippen molar-refractivity contribution in [1.29, 1.82) is 0 Å². The van der Waals surface area contributed by atoms with Gasteiger partial charge in [-0.25, -0.2) is 4.98 Å². The van der Waals surface area contributed by atoms with Gasteiger partial charge in [0.1, 0.15) is 0 Å². The maximum atomic E-state index is 12.0. The quantitative estimate of drug-likeness (QED) is 0.848. The molecule has 102 valence electrons. The number of nitrogens with zero attached hydrogens (tertiary/aromatic N) is 2. The standard InChI is InChI=1S/C13H17N3O2S/c17-11(15-9-3-1-2-4-9)7-10-8-19-13-14-6-5-12(18)16(10)13/h5-6,9-10H,1-4,7-8H2,(H,15,17). The van der Waals surface area contributed by atoms with Gasteiger partial charge in [0.05, 0.1) is 6.04 Å². The smallest absolute Gasteiger partial charge is 0.254 e. The van der Waals surface area contributed by atoms with Gasteiger partial charge in [-0.2, -0.15) is 0 Å². The van der Waals surface area contributed by atoms with E-state index in [9.17, 15) is 9.59 Å². The number of thioether (sulfide) groups is 1. The molecule has 0 aromatic carbocycles. The van der Waals surface area contributed by atoms with Crippen LogP contribution >= 0.6 is 11.8 Å². The average Bonchev–Trinajstić information content (AvgIpc) is 3.00. The number of rotatable bonds is 3. The van der Waals surface area contributed by atoms with Crippen molar-refractivity contribution in [3.05, 3.63) is 22.6 Å². The number of nitrogens with one attached hydrogen (secondary N) is 1. The molecule has 0 saturated heterocycles. The van der Waals surface area contributed by atoms with Crippen LogP contribution in [0.3, 0.4) is 0 Å². The Morgan fingerprint density at radius 2 is 2.26 bits per heavy atom. The lowest BCUT2D eigenvalue weighted by molar-refractivity contribution is -0.122. The fourth-order valence-electron chi connectivity index (χ4n) is 2.81. The molecule has 1 aromatic rings. The number of carbonyl (C=O) groups is 1. The first-order chi connectivity index (χ1) is 9.24. The fraction of sp³-hybridized carbons (Fsp3) is 0.615. The van der Waals surface area contributed by atoms with Crippen LogP contribution in [0.5, 0.6) is 0 Å². The van der Waals surface area contributed by atoms with E-state index < -0.39 is 0 Å². The molecule has 2 aliphatic rings. The van der Waals surface area contributed by atoms with Crippen molar-refractivity contribution in [3.8, 4) is 0 Å². The van der Waals surface area contributed by atoms with Crippen LogP contribution in [0.2, 0.25) is 0 Å². The molecule has 1 saturated carbocycles. The van der Waals surface area contributed by atoms with Crippen LogP contribution < -0.4 is 10.9 Å². The number of hydrogen-bond donors (Lipinski definition) is 1. The maximum absolute atomic E-state index is 12.0. The summed E-state index contributed by atoms with van der Waals surface area (Å²) in [6.07, 6.45) is 6.49. The van der Waals surface area contributed by atoms with E-state index in [1.807, 2.05) is 0 Å². The second-order valence-electron chi connectivity index (χ2n) is 5.15. The topological polar surface area (TPSA) is 64.0 Å². The lowest BCUT2D eigenvalue weighted by atomic mass is 10.2. The first-order valence-electron chi connectivity index (χ1n) is 6.74. The van der Waals surface area contributed by atoms with Crippen molar-refractivity contribution in [1.82, 2.24) is 14.9 Å². The number of carbonyl (C=O) groups excluding carboxylic acids is 1. The van der Waals surface area contributed by atoms with E-state index in [2.05, 4.69) is 10.3 Å². The van der Waals surface area contributed by atoms with Crippen molar-refractivity contribution in [2.45, 2.75) is 49.3 Å². The van der Waals surface area contributed by atoms with Gasteiger partial charge < -0.3 is 5.32 Å². The molecule has 19 heavy (non-hydrogen) atoms. The monoisotopic (exact) mass is 279 g/mol. The SMILES string of the molecule is O=C(CC1CSc2nccc(=O)n21)NC1CCCC1. The summed E-state index contributed by atoms with van der Waals surface area (Å²) in [6.45, 7) is 0. The molecule has 1 unspecified atom stereocenters. The molecule has 1 aromatic heterocycles. The average molecular weight is 279 g/mol. The Morgan fingerprint density at radius 1 is 1.47 bits per heavy atom. The molecular formula is C13H17N3O2S. The molecule has 0 radical (unpaired) electrons. The number of amides is 1. The van der Waals surface area contributed by atoms with Gasteiger partial charge in [-0.15, -0.1) is 0 Å². The molecule has 5 nitrogen and oxygen atoms in total. The second kappa shape index (κ2) is 5.36. The molecule has 3 rings (SSSR count). The van der Waals surface area contributed by atoms with Crippen LogP contribution in [0.25, 0.3) is 0 Å². The molecule has 1 fully saturated rings. The Balaban J connectivity index is 1.66. The Morgan fingerprint density at radius 3 is 3.05 bits per heavy atom. The van der Waals surface area contributed by atoms with Gasteiger partial charge in [-0.05, 0) is 12.8 Å². The van der Waals surface area contributed by atoms with E-state index in [0.29, 0.717) is 12.5 Å². The molecule has 1 aliphatic heterocycles. The molecule has 6 heteroatoms. The van der Waals surface area contributed by atoms with Crippen LogP contribution in [0.15, 0.2) is 22.2 Å². The van der Waals surface area contributed by atoms with Crippen molar-refractivity contribution in [2.75, 3.05) is 5.75 Å². The minimum Gasteiger partial charge on any atom is -0.353 e. The van der Waals surface area contributed by atoms with E-state index in [4.69, 9.17) is 0 Å². The van der Waals surface area contributed by atoms with Gasteiger partial charge in [0.25, 0.3) is 5.56 Å². The molecule has 2 heterocycles. The van der Waals surface area contributed by atoms with E-state index in [0.717, 1.165) is 23.8 Å². The van der Waals surface area contributed by atoms with Crippen LogP contribution in [-0.4, -0.2) is 27.3 Å². The van der Waals surface area contributed by atoms with E-state index in [1.165, 1.54) is 25.1 Å². The zero-order valence-corrected chi connectivity index (χ0v) is 11.5. The van der Waals surface area contributed by atoms with Gasteiger partial charge in [0.2, 0.25) is 5.91 Å². The maximum Gasteiger partial charge on any atom is 0.254 e. The summed E-state index contributed by atoms with van der Waals surface area (Å²) >= 11 is 1.55. The predicted octanol–water partition coefficient (Wildman–Crippen LogP) is 1.34. The Hall–Kier alpha value is -1.30. The Kier molecular flexibility index (Phi) is 3.59. The highest BCUT2D eigenvalue weighted by Gasteiger charge is 2.27. The minimum atomic E-state index is -0.0614. The summed E-state index contributed by atoms with van der Waals surface area (Å²) in [5.41, 5.74) is -0.0614. The van der Waals surface area contributed by atoms with Gasteiger partial charge in [-0.1, -0.05) is 24.6 Å². The zero-order valence-electron chi connectivity index (χ0n) is 10.7. The molecule has 0 spiro atoms. The van der Waals surface area contributed by atoms with Crippen molar-refractivity contribution < 1.29 is 4.79 Å². The van der Waals surface area contributed by atoms with Crippen LogP contribution in [-0.2, 0) is 4.79 Å². The van der Waals surface area contributed by atoms with E-state index in [1.54, 1.807) is 16.3 Å². The highest BCUT2D eigenvalue weighted by molar-refractivity contribution is 7.99. The summed E-state index contributed by atoms with van der Waals surface area (Å²) in [4.78, 5) is 28.0. The molecule has 1 amide bonds. The highest BCUT2D eigenvalue weighted by atomic mass is 32.2. The second-order valence-corrected chi connectivity index (χ2v) is 6.14. The molecule has 1 aliphatic carbocycles. The van der Waals surface area contributed by atoms with Gasteiger partial charge >= 0.3 is 0 Å². The summed E-state index contributed by atoms with van der Waals surface area (Å²) in [5, 5.41) is 3.80. The summed E-state index contributed by atoms with van der Waals surface area (Å²) in [6, 6.07) is 1.74. The summed E-state index contributed by atoms with van der Waals surface area (Å²) in [7, 11) is 0. The van der Waals surface area contributed by atoms with Crippen molar-refractivity contribution >= 4 is 17.7 Å². The highest BCUT2D eigenvalue weighted by Crippen LogP contribution is 2.31. The largest absolute Gasteiger partial charge is 0.353 e. The summed E-state index contributed by atoms with van der Waals surface area (Å²) in [5.74, 6) is 0.811. The molecule has 0 bridgehead atoms. The minimum absolute atomic E-state index is 0.0531. The Labute approximate surface area is 115 Å². The molecule has 1 N–H and O–H groups in total. The van der Waals surface area contributed by atoms with Crippen LogP contribution in [0.1, 0.15) is 38.1 Å².